The van der Waals surface area contributed by atoms with E-state index in [1.165, 1.54) is 50.1 Å². The van der Waals surface area contributed by atoms with Crippen molar-refractivity contribution in [1.29, 1.82) is 0 Å². The van der Waals surface area contributed by atoms with Crippen molar-refractivity contribution in [1.82, 2.24) is 15.5 Å². The van der Waals surface area contributed by atoms with Gasteiger partial charge in [0.1, 0.15) is 0 Å². The van der Waals surface area contributed by atoms with Gasteiger partial charge in [-0.2, -0.15) is 0 Å². The fourth-order valence-corrected chi connectivity index (χ4v) is 4.09. The summed E-state index contributed by atoms with van der Waals surface area (Å²) in [7, 11) is 0. The Kier molecular flexibility index (Phi) is 6.34. The van der Waals surface area contributed by atoms with Gasteiger partial charge in [-0.1, -0.05) is 18.9 Å². The van der Waals surface area contributed by atoms with E-state index in [0.29, 0.717) is 6.04 Å². The number of aliphatic imine (C=N–C) groups is 1. The van der Waals surface area contributed by atoms with Crippen LogP contribution in [0.4, 0.5) is 0 Å². The van der Waals surface area contributed by atoms with Crippen molar-refractivity contribution < 1.29 is 0 Å². The smallest absolute Gasteiger partial charge is 0.191 e. The number of hydrogen-bond donors (Lipinski definition) is 2. The van der Waals surface area contributed by atoms with Gasteiger partial charge in [-0.05, 0) is 56.6 Å². The lowest BCUT2D eigenvalue weighted by molar-refractivity contribution is 0.255. The number of guanidine groups is 1. The molecule has 1 atom stereocenters. The quantitative estimate of drug-likeness (QED) is 0.566. The highest BCUT2D eigenvalue weighted by Gasteiger charge is 2.24. The van der Waals surface area contributed by atoms with Gasteiger partial charge in [-0.25, -0.2) is 0 Å². The molecule has 2 fully saturated rings. The van der Waals surface area contributed by atoms with Crippen molar-refractivity contribution >= 4 is 17.3 Å². The van der Waals surface area contributed by atoms with Crippen LogP contribution in [0.5, 0.6) is 0 Å². The molecule has 1 unspecified atom stereocenters. The van der Waals surface area contributed by atoms with E-state index in [2.05, 4.69) is 40.0 Å². The van der Waals surface area contributed by atoms with E-state index < -0.39 is 0 Å². The van der Waals surface area contributed by atoms with Gasteiger partial charge in [0.2, 0.25) is 0 Å². The first-order chi connectivity index (χ1) is 11.4. The maximum Gasteiger partial charge on any atom is 0.191 e. The van der Waals surface area contributed by atoms with Crippen LogP contribution in [0.15, 0.2) is 22.5 Å². The monoisotopic (exact) mass is 334 g/mol. The molecule has 5 heteroatoms. The van der Waals surface area contributed by atoms with E-state index in [1.54, 1.807) is 0 Å². The summed E-state index contributed by atoms with van der Waals surface area (Å²) in [5, 5.41) is 9.08. The van der Waals surface area contributed by atoms with Gasteiger partial charge in [-0.3, -0.25) is 9.89 Å². The third-order valence-electron chi connectivity index (χ3n) is 4.76. The molecule has 2 aliphatic rings. The molecule has 2 N–H and O–H groups in total. The Morgan fingerprint density at radius 3 is 2.83 bits per heavy atom. The summed E-state index contributed by atoms with van der Waals surface area (Å²) in [5.74, 6) is 1.95. The molecule has 3 rings (SSSR count). The zero-order chi connectivity index (χ0) is 15.9. The largest absolute Gasteiger partial charge is 0.357 e. The van der Waals surface area contributed by atoms with Crippen LogP contribution in [0.1, 0.15) is 49.9 Å². The second-order valence-corrected chi connectivity index (χ2v) is 7.63. The molecular weight excluding hydrogens is 304 g/mol. The highest BCUT2D eigenvalue weighted by atomic mass is 32.1. The lowest BCUT2D eigenvalue weighted by Crippen LogP contribution is -2.39. The van der Waals surface area contributed by atoms with Crippen molar-refractivity contribution in [2.75, 3.05) is 32.7 Å². The SMILES string of the molecule is CCNC(=NCC(c1cccs1)N1CCCC1)NCCC1CC1. The first-order valence-electron chi connectivity index (χ1n) is 9.16. The average molecular weight is 335 g/mol. The zero-order valence-electron chi connectivity index (χ0n) is 14.3. The molecule has 0 amide bonds. The van der Waals surface area contributed by atoms with Gasteiger partial charge in [0.05, 0.1) is 12.6 Å². The Hall–Kier alpha value is -1.07. The van der Waals surface area contributed by atoms with E-state index in [4.69, 9.17) is 4.99 Å². The average Bonchev–Trinajstić information content (AvgIpc) is 3.04. The van der Waals surface area contributed by atoms with Crippen molar-refractivity contribution in [3.8, 4) is 0 Å². The predicted octanol–water partition coefficient (Wildman–Crippen LogP) is 3.24. The minimum atomic E-state index is 0.441. The Labute approximate surface area is 144 Å². The van der Waals surface area contributed by atoms with Gasteiger partial charge in [0.15, 0.2) is 5.96 Å². The van der Waals surface area contributed by atoms with Gasteiger partial charge < -0.3 is 10.6 Å². The number of rotatable bonds is 8. The second-order valence-electron chi connectivity index (χ2n) is 6.65. The van der Waals surface area contributed by atoms with Crippen LogP contribution >= 0.6 is 11.3 Å². The Bertz CT molecular complexity index is 475. The van der Waals surface area contributed by atoms with Crippen LogP contribution in [-0.2, 0) is 0 Å². The molecule has 1 aliphatic carbocycles. The number of nitrogens with zero attached hydrogens (tertiary/aromatic N) is 2. The van der Waals surface area contributed by atoms with Gasteiger partial charge >= 0.3 is 0 Å². The molecule has 0 spiro atoms. The van der Waals surface area contributed by atoms with Gasteiger partial charge in [0, 0.05) is 18.0 Å². The summed E-state index contributed by atoms with van der Waals surface area (Å²) in [6.45, 7) is 7.37. The summed E-state index contributed by atoms with van der Waals surface area (Å²) in [4.78, 5) is 8.94. The molecule has 0 bridgehead atoms. The van der Waals surface area contributed by atoms with Crippen LogP contribution in [0.3, 0.4) is 0 Å². The Morgan fingerprint density at radius 1 is 1.35 bits per heavy atom. The third-order valence-corrected chi connectivity index (χ3v) is 5.74. The molecule has 0 radical (unpaired) electrons. The first-order valence-corrected chi connectivity index (χ1v) is 10.0. The fraction of sp³-hybridized carbons (Fsp3) is 0.722. The van der Waals surface area contributed by atoms with Crippen molar-refractivity contribution in [3.05, 3.63) is 22.4 Å². The van der Waals surface area contributed by atoms with Crippen LogP contribution in [0.25, 0.3) is 0 Å². The lowest BCUT2D eigenvalue weighted by Gasteiger charge is -2.25. The summed E-state index contributed by atoms with van der Waals surface area (Å²) >= 11 is 1.86. The van der Waals surface area contributed by atoms with Gasteiger partial charge in [-0.15, -0.1) is 11.3 Å². The molecule has 128 valence electrons. The summed E-state index contributed by atoms with van der Waals surface area (Å²) in [6.07, 6.45) is 6.77. The molecule has 23 heavy (non-hydrogen) atoms. The molecule has 2 heterocycles. The third kappa shape index (κ3) is 5.21. The van der Waals surface area contributed by atoms with Crippen LogP contribution in [0, 0.1) is 5.92 Å². The van der Waals surface area contributed by atoms with Crippen molar-refractivity contribution in [2.24, 2.45) is 10.9 Å². The summed E-state index contributed by atoms with van der Waals surface area (Å²) in [6, 6.07) is 4.86. The first kappa shape index (κ1) is 16.8. The molecule has 0 aromatic carbocycles. The number of nitrogens with one attached hydrogen (secondary N) is 2. The molecule has 1 saturated heterocycles. The van der Waals surface area contributed by atoms with Gasteiger partial charge in [0.25, 0.3) is 0 Å². The second kappa shape index (κ2) is 8.69. The summed E-state index contributed by atoms with van der Waals surface area (Å²) in [5.41, 5.74) is 0. The lowest BCUT2D eigenvalue weighted by atomic mass is 10.2. The van der Waals surface area contributed by atoms with E-state index in [1.807, 2.05) is 11.3 Å². The molecular formula is C18H30N4S. The number of likely N-dealkylation sites (tertiary alicyclic amines) is 1. The van der Waals surface area contributed by atoms with E-state index in [9.17, 15) is 0 Å². The van der Waals surface area contributed by atoms with E-state index in [-0.39, 0.29) is 0 Å². The topological polar surface area (TPSA) is 39.7 Å². The van der Waals surface area contributed by atoms with Crippen LogP contribution in [0.2, 0.25) is 0 Å². The maximum absolute atomic E-state index is 4.89. The van der Waals surface area contributed by atoms with E-state index >= 15 is 0 Å². The van der Waals surface area contributed by atoms with Crippen LogP contribution in [-0.4, -0.2) is 43.6 Å². The van der Waals surface area contributed by atoms with E-state index in [0.717, 1.165) is 31.5 Å². The molecule has 1 aromatic rings. The minimum absolute atomic E-state index is 0.441. The summed E-state index contributed by atoms with van der Waals surface area (Å²) < 4.78 is 0. The molecule has 1 saturated carbocycles. The molecule has 1 aliphatic heterocycles. The van der Waals surface area contributed by atoms with Crippen molar-refractivity contribution in [2.45, 2.75) is 45.1 Å². The predicted molar refractivity (Wildman–Crippen MR) is 99.2 cm³/mol. The fourth-order valence-electron chi connectivity index (χ4n) is 3.24. The highest BCUT2D eigenvalue weighted by molar-refractivity contribution is 7.10. The number of thiophene rings is 1. The molecule has 4 nitrogen and oxygen atoms in total. The van der Waals surface area contributed by atoms with Crippen LogP contribution < -0.4 is 10.6 Å². The Balaban J connectivity index is 1.58. The maximum atomic E-state index is 4.89. The normalized spacial score (nSPS) is 20.7. The highest BCUT2D eigenvalue weighted by Crippen LogP contribution is 2.31. The zero-order valence-corrected chi connectivity index (χ0v) is 15.1. The Morgan fingerprint density at radius 2 is 2.17 bits per heavy atom. The standard InChI is InChI=1S/C18H30N4S/c1-2-19-18(20-10-9-15-7-8-15)21-14-16(17-6-5-13-23-17)22-11-3-4-12-22/h5-6,13,15-16H,2-4,7-12,14H2,1H3,(H2,19,20,21). The minimum Gasteiger partial charge on any atom is -0.357 e. The molecule has 1 aromatic heterocycles. The van der Waals surface area contributed by atoms with Crippen molar-refractivity contribution in [3.63, 3.8) is 0 Å². The number of hydrogen-bond acceptors (Lipinski definition) is 3.